The van der Waals surface area contributed by atoms with E-state index in [4.69, 9.17) is 58.8 Å². The van der Waals surface area contributed by atoms with Gasteiger partial charge in [-0.2, -0.15) is 20.4 Å². The SMILES string of the molecule is O=C(N/N=C\c1ccccc1Oc1cccc2c1-c1nc-2nc2[n-]c(nc3nc(nc4[n-]c(n1)c1c(Oc5ccccc5/C=N/NC(=O)c5ccccc5O)cccc41)-c1cc(Oc4ccccc4/C=N/NC(=O)c4ccccc4O)ccc1-3)c1cccc(Oc3ccccc3/C=N/NC(=O)c3ccccc3O)c21)c1ccccc1O.[Zn+2]. The Morgan fingerprint density at radius 2 is 0.615 bits per heavy atom. The quantitative estimate of drug-likeness (QED) is 0.0200. The second kappa shape index (κ2) is 32.9. The molecule has 28 nitrogen and oxygen atoms in total. The first kappa shape index (κ1) is 74.7. The largest absolute Gasteiger partial charge is 2.00 e. The fourth-order valence-corrected chi connectivity index (χ4v) is 12.8. The Labute approximate surface area is 674 Å². The van der Waals surface area contributed by atoms with Crippen LogP contribution in [0.15, 0.2) is 287 Å². The zero-order chi connectivity index (χ0) is 79.2. The van der Waals surface area contributed by atoms with Crippen molar-refractivity contribution in [1.29, 1.82) is 0 Å². The summed E-state index contributed by atoms with van der Waals surface area (Å²) in [6, 6.07) is 73.4. The van der Waals surface area contributed by atoms with E-state index in [0.717, 1.165) is 0 Å². The van der Waals surface area contributed by atoms with Crippen LogP contribution in [0.4, 0.5) is 0 Å². The van der Waals surface area contributed by atoms with Gasteiger partial charge in [0.15, 0.2) is 0 Å². The van der Waals surface area contributed by atoms with Crippen molar-refractivity contribution >= 4 is 92.6 Å². The Balaban J connectivity index is 0.0000102. The number of ether oxygens (including phenoxy) is 4. The summed E-state index contributed by atoms with van der Waals surface area (Å²) in [6.45, 7) is 0. The molecular weight excluding hydrogens is 1540 g/mol. The van der Waals surface area contributed by atoms with E-state index < -0.39 is 23.6 Å². The molecule has 5 heterocycles. The summed E-state index contributed by atoms with van der Waals surface area (Å²) in [7, 11) is 0. The van der Waals surface area contributed by atoms with Crippen LogP contribution in [0.5, 0.6) is 69.0 Å². The zero-order valence-corrected chi connectivity index (χ0v) is 63.8. The predicted octanol–water partition coefficient (Wildman–Crippen LogP) is 15.2. The van der Waals surface area contributed by atoms with E-state index in [-0.39, 0.29) is 139 Å². The van der Waals surface area contributed by atoms with Crippen molar-refractivity contribution in [3.63, 3.8) is 0 Å². The van der Waals surface area contributed by atoms with Crippen LogP contribution in [0.1, 0.15) is 63.7 Å². The van der Waals surface area contributed by atoms with Crippen LogP contribution in [0.2, 0.25) is 0 Å². The Morgan fingerprint density at radius 1 is 0.299 bits per heavy atom. The Hall–Kier alpha value is -16.4. The van der Waals surface area contributed by atoms with Gasteiger partial charge in [0.25, 0.3) is 23.6 Å². The molecule has 8 N–H and O–H groups in total. The number of phenols is 4. The van der Waals surface area contributed by atoms with Crippen LogP contribution in [0.25, 0.3) is 89.7 Å². The number of nitrogens with one attached hydrogen (secondary N) is 4. The Bertz CT molecular complexity index is 6830. The number of hydrazone groups is 4. The molecule has 8 bridgehead atoms. The number of nitrogens with zero attached hydrogens (tertiary/aromatic N) is 12. The maximum Gasteiger partial charge on any atom is 2.00 e. The summed E-state index contributed by atoms with van der Waals surface area (Å²) in [4.78, 5) is 95.0. The molecule has 2 aliphatic rings. The average Bonchev–Trinajstić information content (AvgIpc) is 1.59. The molecule has 562 valence electrons. The molecule has 12 aromatic carbocycles. The summed E-state index contributed by atoms with van der Waals surface area (Å²) in [5, 5.41) is 60.2. The van der Waals surface area contributed by atoms with Crippen LogP contribution in [0, 0.1) is 0 Å². The van der Waals surface area contributed by atoms with Gasteiger partial charge < -0.3 is 69.3 Å². The van der Waals surface area contributed by atoms with Crippen LogP contribution >= 0.6 is 0 Å². The third-order valence-corrected chi connectivity index (χ3v) is 18.3. The monoisotopic (exact) mass is 1590 g/mol. The van der Waals surface area contributed by atoms with Crippen molar-refractivity contribution in [1.82, 2.24) is 61.6 Å². The normalized spacial score (nSPS) is 11.5. The number of rotatable bonds is 20. The van der Waals surface area contributed by atoms with Crippen molar-refractivity contribution in [3.05, 3.63) is 311 Å². The summed E-state index contributed by atoms with van der Waals surface area (Å²) < 4.78 is 27.4. The van der Waals surface area contributed by atoms with E-state index in [1.807, 2.05) is 6.07 Å². The summed E-state index contributed by atoms with van der Waals surface area (Å²) >= 11 is 0. The first-order valence-electron chi connectivity index (χ1n) is 35.6. The number of para-hydroxylation sites is 8. The fraction of sp³-hybridized carbons (Fsp3) is 0. The van der Waals surface area contributed by atoms with E-state index in [1.54, 1.807) is 212 Å². The van der Waals surface area contributed by atoms with Gasteiger partial charge in [0.2, 0.25) is 0 Å². The molecule has 0 unspecified atom stereocenters. The molecule has 0 saturated heterocycles. The maximum atomic E-state index is 13.2. The van der Waals surface area contributed by atoms with Gasteiger partial charge in [0, 0.05) is 72.3 Å². The number of aromatic nitrogens is 8. The molecule has 3 aromatic heterocycles. The summed E-state index contributed by atoms with van der Waals surface area (Å²) in [5.41, 5.74) is 13.8. The number of hydrogen-bond acceptors (Lipinski definition) is 22. The fourth-order valence-electron chi connectivity index (χ4n) is 12.8. The van der Waals surface area contributed by atoms with E-state index >= 15 is 0 Å². The first-order valence-corrected chi connectivity index (χ1v) is 35.6. The van der Waals surface area contributed by atoms with E-state index in [2.05, 4.69) is 42.1 Å². The van der Waals surface area contributed by atoms with E-state index in [0.29, 0.717) is 83.3 Å². The van der Waals surface area contributed by atoms with Crippen molar-refractivity contribution in [2.24, 2.45) is 20.4 Å². The number of amides is 4. The van der Waals surface area contributed by atoms with Gasteiger partial charge in [-0.05, 0) is 144 Å². The van der Waals surface area contributed by atoms with Gasteiger partial charge in [-0.1, -0.05) is 133 Å². The van der Waals surface area contributed by atoms with Crippen molar-refractivity contribution < 1.29 is 78.0 Å². The number of phenolic OH excluding ortho intramolecular Hbond substituents is 4. The smallest absolute Gasteiger partial charge is 0.507 e. The van der Waals surface area contributed by atoms with Crippen molar-refractivity contribution in [2.75, 3.05) is 0 Å². The van der Waals surface area contributed by atoms with E-state index in [9.17, 15) is 39.6 Å². The first-order chi connectivity index (χ1) is 56.8. The molecule has 15 aromatic rings. The number of carbonyl (C=O) groups is 4. The third kappa shape index (κ3) is 15.6. The molecule has 0 atom stereocenters. The molecule has 0 spiro atoms. The molecule has 17 rings (SSSR count). The molecule has 2 aliphatic heterocycles. The minimum Gasteiger partial charge on any atom is -0.507 e. The molecule has 0 aliphatic carbocycles. The van der Waals surface area contributed by atoms with Crippen LogP contribution in [-0.2, 0) is 19.5 Å². The van der Waals surface area contributed by atoms with Gasteiger partial charge >= 0.3 is 19.5 Å². The predicted molar refractivity (Wildman–Crippen MR) is 433 cm³/mol. The third-order valence-electron chi connectivity index (χ3n) is 18.3. The Kier molecular flexibility index (Phi) is 21.0. The molecule has 0 radical (unpaired) electrons. The van der Waals surface area contributed by atoms with Gasteiger partial charge in [-0.25, -0.2) is 31.7 Å². The van der Waals surface area contributed by atoms with Crippen LogP contribution < -0.4 is 50.6 Å². The molecule has 29 heteroatoms. The number of benzene rings is 12. The van der Waals surface area contributed by atoms with Crippen molar-refractivity contribution in [3.8, 4) is 115 Å². The minimum absolute atomic E-state index is 0. The molecule has 117 heavy (non-hydrogen) atoms. The molecular formula is C88H56N16O12Zn. The Morgan fingerprint density at radius 3 is 1.03 bits per heavy atom. The topological polar surface area (TPSA) is 389 Å². The van der Waals surface area contributed by atoms with Gasteiger partial charge in [0.1, 0.15) is 69.0 Å². The summed E-state index contributed by atoms with van der Waals surface area (Å²) in [5.74, 6) is -0.812. The summed E-state index contributed by atoms with van der Waals surface area (Å²) in [6.07, 6.45) is 5.62. The zero-order valence-electron chi connectivity index (χ0n) is 60.8. The van der Waals surface area contributed by atoms with E-state index in [1.165, 1.54) is 73.4 Å². The molecule has 0 fully saturated rings. The molecule has 0 saturated carbocycles. The average molecular weight is 1590 g/mol. The van der Waals surface area contributed by atoms with Crippen LogP contribution in [-0.4, -0.2) is 98.8 Å². The number of carbonyl (C=O) groups excluding carboxylic acids is 4. The van der Waals surface area contributed by atoms with Gasteiger partial charge in [-0.3, -0.25) is 19.2 Å². The van der Waals surface area contributed by atoms with Gasteiger partial charge in [0.05, 0.1) is 76.0 Å². The number of aromatic hydroxyl groups is 4. The van der Waals surface area contributed by atoms with Crippen molar-refractivity contribution in [2.45, 2.75) is 0 Å². The second-order valence-electron chi connectivity index (χ2n) is 25.7. The van der Waals surface area contributed by atoms with Gasteiger partial charge in [-0.15, -0.1) is 0 Å². The van der Waals surface area contributed by atoms with Crippen LogP contribution in [0.3, 0.4) is 0 Å². The minimum atomic E-state index is -0.657. The number of hydrogen-bond donors (Lipinski definition) is 8. The molecule has 4 amide bonds. The second-order valence-corrected chi connectivity index (χ2v) is 25.7. The standard InChI is InChI=1S/C88H58N16O12.Zn/c105-63-31-9-5-24-55(63)85(109)101-89-45-49-20-1-13-35-67(49)113-53-42-43-54-62(44-53)81-94-77(54)93-78-59-28-17-39-71(114-68-36-14-2-21-50(68)46-90-102-86(110)56-25-6-10-32-64(56)106)74(59)82(96-78)98-80-61-30-19-41-73(116-70-38-16-4-23-52(70)48-92-104-88(112)58-27-8-12-34-66(58)108)76(61)84(99-80)100-83-75-60(79(95-81)97-83)29-18-40-72(75)115-69-37-15-3-22-51(69)47-91-103-87(111)57-26-7-11-33-65(57)107;/h1-48H,(H10,93,94,95,96,97,98,99,100,101,102,103,104,105,106,107,108,109,110,111,112);/q;+2/p-2/b89-45+,90-46+,91-47+,92-48-;. The maximum absolute atomic E-state index is 13.2. The number of fused-ring (bicyclic) bond motifs is 20.